The van der Waals surface area contributed by atoms with Crippen molar-refractivity contribution in [1.29, 1.82) is 0 Å². The van der Waals surface area contributed by atoms with Crippen LogP contribution in [0.4, 0.5) is 4.79 Å². The van der Waals surface area contributed by atoms with Crippen LogP contribution >= 0.6 is 0 Å². The molecule has 1 fully saturated rings. The number of nitrogens with zero attached hydrogens (tertiary/aromatic N) is 1. The number of rotatable bonds is 5. The molecule has 0 aromatic rings. The van der Waals surface area contributed by atoms with E-state index in [9.17, 15) is 14.7 Å². The highest BCUT2D eigenvalue weighted by Crippen LogP contribution is 2.15. The molecule has 1 aliphatic rings. The molecule has 0 bridgehead atoms. The van der Waals surface area contributed by atoms with E-state index in [1.54, 1.807) is 13.8 Å². The maximum absolute atomic E-state index is 11.8. The van der Waals surface area contributed by atoms with Crippen molar-refractivity contribution in [1.82, 2.24) is 15.5 Å². The summed E-state index contributed by atoms with van der Waals surface area (Å²) in [5.41, 5.74) is -1.16. The minimum absolute atomic E-state index is 0.107. The zero-order valence-electron chi connectivity index (χ0n) is 11.3. The number of amides is 2. The molecule has 1 heterocycles. The summed E-state index contributed by atoms with van der Waals surface area (Å²) in [4.78, 5) is 25.2. The number of carboxylic acids is 1. The average molecular weight is 257 g/mol. The molecular weight excluding hydrogens is 234 g/mol. The Morgan fingerprint density at radius 2 is 2.00 bits per heavy atom. The number of nitrogens with one attached hydrogen (secondary N) is 2. The second-order valence-electron chi connectivity index (χ2n) is 4.94. The number of urea groups is 1. The lowest BCUT2D eigenvalue weighted by molar-refractivity contribution is -0.144. The first-order chi connectivity index (χ1) is 8.43. The molecule has 3 N–H and O–H groups in total. The van der Waals surface area contributed by atoms with Gasteiger partial charge in [0.15, 0.2) is 0 Å². The van der Waals surface area contributed by atoms with E-state index < -0.39 is 11.5 Å². The van der Waals surface area contributed by atoms with Gasteiger partial charge in [0.05, 0.1) is 0 Å². The first kappa shape index (κ1) is 14.8. The molecule has 1 aliphatic heterocycles. The second-order valence-corrected chi connectivity index (χ2v) is 4.94. The number of aliphatic carboxylic acids is 1. The number of likely N-dealkylation sites (tertiary alicyclic amines) is 1. The zero-order chi connectivity index (χ0) is 13.8. The Labute approximate surface area is 108 Å². The van der Waals surface area contributed by atoms with Crippen LogP contribution in [0.5, 0.6) is 0 Å². The lowest BCUT2D eigenvalue weighted by Gasteiger charge is -2.28. The van der Waals surface area contributed by atoms with Crippen molar-refractivity contribution in [3.8, 4) is 0 Å². The van der Waals surface area contributed by atoms with Gasteiger partial charge in [-0.2, -0.15) is 0 Å². The minimum Gasteiger partial charge on any atom is -0.480 e. The molecule has 0 spiro atoms. The Bertz CT molecular complexity index is 316. The van der Waals surface area contributed by atoms with Crippen LogP contribution in [0.15, 0.2) is 0 Å². The summed E-state index contributed by atoms with van der Waals surface area (Å²) < 4.78 is 0. The van der Waals surface area contributed by atoms with Crippen LogP contribution in [-0.4, -0.2) is 53.7 Å². The Balaban J connectivity index is 2.54. The fourth-order valence-electron chi connectivity index (χ4n) is 2.27. The molecule has 2 amide bonds. The summed E-state index contributed by atoms with van der Waals surface area (Å²) in [6, 6.07) is -0.281. The van der Waals surface area contributed by atoms with Gasteiger partial charge < -0.3 is 20.6 Å². The maximum atomic E-state index is 11.8. The van der Waals surface area contributed by atoms with Gasteiger partial charge >= 0.3 is 12.0 Å². The molecule has 1 rings (SSSR count). The molecule has 18 heavy (non-hydrogen) atoms. The normalized spacial score (nSPS) is 20.7. The van der Waals surface area contributed by atoms with Gasteiger partial charge in [-0.25, -0.2) is 9.59 Å². The highest BCUT2D eigenvalue weighted by molar-refractivity contribution is 5.86. The van der Waals surface area contributed by atoms with Gasteiger partial charge in [-0.3, -0.25) is 0 Å². The molecule has 0 saturated carbocycles. The monoisotopic (exact) mass is 257 g/mol. The Morgan fingerprint density at radius 1 is 1.39 bits per heavy atom. The average Bonchev–Trinajstić information content (AvgIpc) is 2.71. The first-order valence-electron chi connectivity index (χ1n) is 6.44. The molecule has 0 aromatic heterocycles. The van der Waals surface area contributed by atoms with Gasteiger partial charge in [0.1, 0.15) is 5.54 Å². The number of carboxylic acid groups (broad SMARTS) is 1. The van der Waals surface area contributed by atoms with Crippen LogP contribution in [-0.2, 0) is 4.79 Å². The lowest BCUT2D eigenvalue weighted by atomic mass is 9.93. The van der Waals surface area contributed by atoms with Gasteiger partial charge in [0, 0.05) is 12.6 Å². The highest BCUT2D eigenvalue weighted by Gasteiger charge is 2.37. The molecule has 0 aliphatic carbocycles. The van der Waals surface area contributed by atoms with Crippen LogP contribution in [0.1, 0.15) is 33.1 Å². The summed E-state index contributed by atoms with van der Waals surface area (Å²) in [5, 5.41) is 14.7. The van der Waals surface area contributed by atoms with E-state index in [4.69, 9.17) is 0 Å². The molecule has 1 unspecified atom stereocenters. The van der Waals surface area contributed by atoms with Crippen molar-refractivity contribution in [2.75, 3.05) is 20.1 Å². The number of hydrogen-bond donors (Lipinski definition) is 3. The van der Waals surface area contributed by atoms with Gasteiger partial charge in [-0.1, -0.05) is 13.8 Å². The van der Waals surface area contributed by atoms with Gasteiger partial charge in [-0.15, -0.1) is 0 Å². The van der Waals surface area contributed by atoms with E-state index in [2.05, 4.69) is 15.5 Å². The van der Waals surface area contributed by atoms with E-state index in [-0.39, 0.29) is 12.1 Å². The quantitative estimate of drug-likeness (QED) is 0.675. The van der Waals surface area contributed by atoms with Gasteiger partial charge in [0.25, 0.3) is 0 Å². The standard InChI is InChI=1S/C12H23N3O3/c1-4-12(5-2,10(16)17)14-11(18)13-9-6-7-15(3)8-9/h9H,4-8H2,1-3H3,(H,16,17)(H2,13,14,18). The van der Waals surface area contributed by atoms with E-state index >= 15 is 0 Å². The third kappa shape index (κ3) is 3.35. The molecular formula is C12H23N3O3. The first-order valence-corrected chi connectivity index (χ1v) is 6.44. The Hall–Kier alpha value is -1.30. The van der Waals surface area contributed by atoms with E-state index in [1.165, 1.54) is 0 Å². The SMILES string of the molecule is CCC(CC)(NC(=O)NC1CCN(C)C1)C(=O)O. The maximum Gasteiger partial charge on any atom is 0.329 e. The van der Waals surface area contributed by atoms with Crippen molar-refractivity contribution in [2.24, 2.45) is 0 Å². The van der Waals surface area contributed by atoms with Crippen LogP contribution in [0.3, 0.4) is 0 Å². The third-order valence-electron chi connectivity index (χ3n) is 3.70. The molecule has 6 nitrogen and oxygen atoms in total. The van der Waals surface area contributed by atoms with Crippen molar-refractivity contribution >= 4 is 12.0 Å². The Morgan fingerprint density at radius 3 is 2.39 bits per heavy atom. The van der Waals surface area contributed by atoms with Gasteiger partial charge in [-0.05, 0) is 32.9 Å². The fourth-order valence-corrected chi connectivity index (χ4v) is 2.27. The van der Waals surface area contributed by atoms with Crippen LogP contribution in [0, 0.1) is 0 Å². The highest BCUT2D eigenvalue weighted by atomic mass is 16.4. The minimum atomic E-state index is -1.16. The number of hydrogen-bond acceptors (Lipinski definition) is 3. The van der Waals surface area contributed by atoms with E-state index in [1.807, 2.05) is 7.05 Å². The predicted molar refractivity (Wildman–Crippen MR) is 68.5 cm³/mol. The molecule has 6 heteroatoms. The van der Waals surface area contributed by atoms with E-state index in [0.717, 1.165) is 19.5 Å². The van der Waals surface area contributed by atoms with Crippen LogP contribution in [0.25, 0.3) is 0 Å². The topological polar surface area (TPSA) is 81.7 Å². The van der Waals surface area contributed by atoms with Crippen molar-refractivity contribution in [3.63, 3.8) is 0 Å². The molecule has 0 aromatic carbocycles. The smallest absolute Gasteiger partial charge is 0.329 e. The summed E-state index contributed by atoms with van der Waals surface area (Å²) >= 11 is 0. The van der Waals surface area contributed by atoms with Crippen molar-refractivity contribution in [2.45, 2.75) is 44.7 Å². The van der Waals surface area contributed by atoms with E-state index in [0.29, 0.717) is 12.8 Å². The second kappa shape index (κ2) is 6.04. The third-order valence-corrected chi connectivity index (χ3v) is 3.70. The lowest BCUT2D eigenvalue weighted by Crippen LogP contribution is -2.58. The van der Waals surface area contributed by atoms with Crippen molar-refractivity contribution in [3.05, 3.63) is 0 Å². The molecule has 104 valence electrons. The van der Waals surface area contributed by atoms with Gasteiger partial charge in [0.2, 0.25) is 0 Å². The summed E-state index contributed by atoms with van der Waals surface area (Å²) in [6.07, 6.45) is 1.65. The summed E-state index contributed by atoms with van der Waals surface area (Å²) in [6.45, 7) is 5.30. The Kier molecular flexibility index (Phi) is 4.95. The van der Waals surface area contributed by atoms with Crippen molar-refractivity contribution < 1.29 is 14.7 Å². The summed E-state index contributed by atoms with van der Waals surface area (Å²) in [7, 11) is 2.00. The number of likely N-dealkylation sites (N-methyl/N-ethyl adjacent to an activating group) is 1. The molecule has 1 atom stereocenters. The largest absolute Gasteiger partial charge is 0.480 e. The molecule has 1 saturated heterocycles. The number of carbonyl (C=O) groups excluding carboxylic acids is 1. The fraction of sp³-hybridized carbons (Fsp3) is 0.833. The predicted octanol–water partition coefficient (Wildman–Crippen LogP) is 0.633. The zero-order valence-corrected chi connectivity index (χ0v) is 11.3. The molecule has 0 radical (unpaired) electrons. The van der Waals surface area contributed by atoms with Crippen LogP contribution < -0.4 is 10.6 Å². The summed E-state index contributed by atoms with van der Waals surface area (Å²) in [5.74, 6) is -0.980. The van der Waals surface area contributed by atoms with Crippen LogP contribution in [0.2, 0.25) is 0 Å². The number of carbonyl (C=O) groups is 2.